The predicted octanol–water partition coefficient (Wildman–Crippen LogP) is 2.27. The second-order valence-corrected chi connectivity index (χ2v) is 5.08. The van der Waals surface area contributed by atoms with Crippen LogP contribution in [0, 0.1) is 0 Å². The molecule has 2 atom stereocenters. The van der Waals surface area contributed by atoms with E-state index in [-0.39, 0.29) is 12.0 Å². The molecule has 1 aromatic carbocycles. The van der Waals surface area contributed by atoms with Crippen LogP contribution >= 0.6 is 0 Å². The van der Waals surface area contributed by atoms with Crippen molar-refractivity contribution in [2.24, 2.45) is 12.8 Å². The Morgan fingerprint density at radius 3 is 2.67 bits per heavy atom. The van der Waals surface area contributed by atoms with Gasteiger partial charge in [-0.3, -0.25) is 4.68 Å². The number of benzene rings is 1. The van der Waals surface area contributed by atoms with Gasteiger partial charge in [-0.25, -0.2) is 0 Å². The summed E-state index contributed by atoms with van der Waals surface area (Å²) in [6.07, 6.45) is 3.55. The highest BCUT2D eigenvalue weighted by atomic mass is 16.5. The first-order valence-electron chi connectivity index (χ1n) is 6.78. The van der Waals surface area contributed by atoms with E-state index in [0.717, 1.165) is 11.1 Å². The number of nitrogens with zero attached hydrogens (tertiary/aromatic N) is 4. The molecule has 0 bridgehead atoms. The van der Waals surface area contributed by atoms with Crippen molar-refractivity contribution in [3.05, 3.63) is 54.2 Å². The van der Waals surface area contributed by atoms with Crippen molar-refractivity contribution in [1.29, 1.82) is 0 Å². The van der Waals surface area contributed by atoms with Gasteiger partial charge in [0.1, 0.15) is 0 Å². The molecule has 21 heavy (non-hydrogen) atoms. The molecule has 0 aliphatic rings. The molecule has 6 nitrogen and oxygen atoms in total. The second-order valence-electron chi connectivity index (χ2n) is 5.08. The van der Waals surface area contributed by atoms with E-state index in [1.54, 1.807) is 10.9 Å². The van der Waals surface area contributed by atoms with Gasteiger partial charge in [-0.2, -0.15) is 10.1 Å². The molecular weight excluding hydrogens is 266 g/mol. The lowest BCUT2D eigenvalue weighted by Crippen LogP contribution is -2.17. The van der Waals surface area contributed by atoms with Crippen molar-refractivity contribution in [3.63, 3.8) is 0 Å². The minimum atomic E-state index is -0.187. The quantitative estimate of drug-likeness (QED) is 0.794. The zero-order chi connectivity index (χ0) is 14.8. The molecule has 2 aromatic heterocycles. The normalized spacial score (nSPS) is 14.0. The summed E-state index contributed by atoms with van der Waals surface area (Å²) in [4.78, 5) is 4.43. The third-order valence-corrected chi connectivity index (χ3v) is 3.52. The summed E-state index contributed by atoms with van der Waals surface area (Å²) in [6.45, 7) is 1.98. The van der Waals surface area contributed by atoms with E-state index in [1.165, 1.54) is 0 Å². The van der Waals surface area contributed by atoms with Crippen molar-refractivity contribution in [3.8, 4) is 11.4 Å². The average molecular weight is 283 g/mol. The van der Waals surface area contributed by atoms with E-state index >= 15 is 0 Å². The summed E-state index contributed by atoms with van der Waals surface area (Å²) < 4.78 is 7.05. The van der Waals surface area contributed by atoms with Gasteiger partial charge in [-0.1, -0.05) is 42.4 Å². The molecule has 3 rings (SSSR count). The van der Waals surface area contributed by atoms with E-state index in [1.807, 2.05) is 50.5 Å². The average Bonchev–Trinajstić information content (AvgIpc) is 3.15. The van der Waals surface area contributed by atoms with Crippen LogP contribution in [0.15, 0.2) is 47.2 Å². The number of nitrogens with two attached hydrogens (primary N) is 1. The van der Waals surface area contributed by atoms with E-state index < -0.39 is 0 Å². The Morgan fingerprint density at radius 2 is 2.00 bits per heavy atom. The minimum Gasteiger partial charge on any atom is -0.339 e. The first-order chi connectivity index (χ1) is 10.1. The Kier molecular flexibility index (Phi) is 3.53. The lowest BCUT2D eigenvalue weighted by Gasteiger charge is -2.16. The van der Waals surface area contributed by atoms with Crippen LogP contribution < -0.4 is 5.73 Å². The summed E-state index contributed by atoms with van der Waals surface area (Å²) in [5.74, 6) is 1.00. The van der Waals surface area contributed by atoms with Crippen molar-refractivity contribution in [2.75, 3.05) is 0 Å². The van der Waals surface area contributed by atoms with Crippen LogP contribution in [-0.2, 0) is 7.05 Å². The highest BCUT2D eigenvalue weighted by molar-refractivity contribution is 5.51. The Balaban J connectivity index is 1.82. The van der Waals surface area contributed by atoms with Gasteiger partial charge in [0.2, 0.25) is 11.7 Å². The number of hydrogen-bond acceptors (Lipinski definition) is 5. The first kappa shape index (κ1) is 13.5. The fourth-order valence-electron chi connectivity index (χ4n) is 2.19. The van der Waals surface area contributed by atoms with Gasteiger partial charge < -0.3 is 10.3 Å². The van der Waals surface area contributed by atoms with Crippen LogP contribution in [0.3, 0.4) is 0 Å². The monoisotopic (exact) mass is 283 g/mol. The highest BCUT2D eigenvalue weighted by Crippen LogP contribution is 2.28. The van der Waals surface area contributed by atoms with Gasteiger partial charge in [-0.15, -0.1) is 0 Å². The van der Waals surface area contributed by atoms with Gasteiger partial charge >= 0.3 is 0 Å². The standard InChI is InChI=1S/C15H17N5O/c1-10(13(16)11-6-4-3-5-7-11)15-18-14(19-21-15)12-8-17-20(2)9-12/h3-10,13H,16H2,1-2H3. The van der Waals surface area contributed by atoms with Crippen LogP contribution in [0.5, 0.6) is 0 Å². The van der Waals surface area contributed by atoms with Crippen LogP contribution in [-0.4, -0.2) is 19.9 Å². The molecule has 0 aliphatic heterocycles. The maximum Gasteiger partial charge on any atom is 0.231 e. The lowest BCUT2D eigenvalue weighted by molar-refractivity contribution is 0.344. The van der Waals surface area contributed by atoms with Gasteiger partial charge in [-0.05, 0) is 5.56 Å². The molecule has 3 aromatic rings. The topological polar surface area (TPSA) is 82.8 Å². The largest absolute Gasteiger partial charge is 0.339 e. The molecule has 0 spiro atoms. The molecular formula is C15H17N5O. The molecule has 0 saturated carbocycles. The number of aryl methyl sites for hydroxylation is 1. The smallest absolute Gasteiger partial charge is 0.231 e. The van der Waals surface area contributed by atoms with Crippen LogP contribution in [0.2, 0.25) is 0 Å². The fraction of sp³-hybridized carbons (Fsp3) is 0.267. The molecule has 0 amide bonds. The predicted molar refractivity (Wildman–Crippen MR) is 78.3 cm³/mol. The van der Waals surface area contributed by atoms with Crippen LogP contribution in [0.4, 0.5) is 0 Å². The molecule has 2 unspecified atom stereocenters. The zero-order valence-corrected chi connectivity index (χ0v) is 12.0. The lowest BCUT2D eigenvalue weighted by atomic mass is 9.95. The molecule has 0 aliphatic carbocycles. The molecule has 2 heterocycles. The second kappa shape index (κ2) is 5.49. The summed E-state index contributed by atoms with van der Waals surface area (Å²) in [5.41, 5.74) is 8.15. The van der Waals surface area contributed by atoms with Gasteiger partial charge in [0.05, 0.1) is 17.7 Å². The third-order valence-electron chi connectivity index (χ3n) is 3.52. The van der Waals surface area contributed by atoms with Crippen molar-refractivity contribution in [1.82, 2.24) is 19.9 Å². The van der Waals surface area contributed by atoms with Crippen LogP contribution in [0.25, 0.3) is 11.4 Å². The zero-order valence-electron chi connectivity index (χ0n) is 12.0. The highest BCUT2D eigenvalue weighted by Gasteiger charge is 2.23. The molecule has 0 fully saturated rings. The molecule has 0 radical (unpaired) electrons. The van der Waals surface area contributed by atoms with Gasteiger partial charge in [0.15, 0.2) is 0 Å². The summed E-state index contributed by atoms with van der Waals surface area (Å²) in [7, 11) is 1.85. The van der Waals surface area contributed by atoms with Crippen molar-refractivity contribution < 1.29 is 4.52 Å². The van der Waals surface area contributed by atoms with Crippen molar-refractivity contribution in [2.45, 2.75) is 18.9 Å². The summed E-state index contributed by atoms with van der Waals surface area (Å²) in [5, 5.41) is 8.10. The molecule has 6 heteroatoms. The number of hydrogen-bond donors (Lipinski definition) is 1. The maximum absolute atomic E-state index is 6.28. The Bertz CT molecular complexity index is 719. The molecule has 108 valence electrons. The number of aromatic nitrogens is 4. The molecule has 0 saturated heterocycles. The fourth-order valence-corrected chi connectivity index (χ4v) is 2.19. The Labute approximate surface area is 122 Å². The summed E-state index contributed by atoms with van der Waals surface area (Å²) >= 11 is 0. The van der Waals surface area contributed by atoms with E-state index in [0.29, 0.717) is 11.7 Å². The van der Waals surface area contributed by atoms with E-state index in [4.69, 9.17) is 10.3 Å². The van der Waals surface area contributed by atoms with Crippen molar-refractivity contribution >= 4 is 0 Å². The first-order valence-corrected chi connectivity index (χ1v) is 6.78. The van der Waals surface area contributed by atoms with E-state index in [9.17, 15) is 0 Å². The minimum absolute atomic E-state index is 0.0645. The SMILES string of the molecule is CC(c1nc(-c2cnn(C)c2)no1)C(N)c1ccccc1. The summed E-state index contributed by atoms with van der Waals surface area (Å²) in [6, 6.07) is 9.72. The van der Waals surface area contributed by atoms with Gasteiger partial charge in [0, 0.05) is 19.3 Å². The third kappa shape index (κ3) is 2.71. The Morgan fingerprint density at radius 1 is 1.24 bits per heavy atom. The van der Waals surface area contributed by atoms with E-state index in [2.05, 4.69) is 15.2 Å². The van der Waals surface area contributed by atoms with Crippen LogP contribution in [0.1, 0.15) is 30.3 Å². The Hall–Kier alpha value is -2.47. The van der Waals surface area contributed by atoms with Gasteiger partial charge in [0.25, 0.3) is 0 Å². The maximum atomic E-state index is 6.28. The molecule has 2 N–H and O–H groups in total. The number of rotatable bonds is 4.